The average molecular weight is 380 g/mol. The van der Waals surface area contributed by atoms with Crippen LogP contribution in [0.25, 0.3) is 0 Å². The number of carbonyl (C=O) groups excluding carboxylic acids is 2. The van der Waals surface area contributed by atoms with Gasteiger partial charge in [-0.05, 0) is 49.2 Å². The number of hydrogen-bond acceptors (Lipinski definition) is 3. The van der Waals surface area contributed by atoms with Crippen LogP contribution in [0.4, 0.5) is 11.4 Å². The summed E-state index contributed by atoms with van der Waals surface area (Å²) in [4.78, 5) is 30.7. The largest absolute Gasteiger partial charge is 0.368 e. The predicted octanol–water partition coefficient (Wildman–Crippen LogP) is 3.40. The lowest BCUT2D eigenvalue weighted by Crippen LogP contribution is -2.49. The molecule has 0 radical (unpaired) electrons. The van der Waals surface area contributed by atoms with Crippen LogP contribution in [0.1, 0.15) is 24.5 Å². The van der Waals surface area contributed by atoms with E-state index >= 15 is 0 Å². The molecule has 1 heterocycles. The second-order valence-electron chi connectivity index (χ2n) is 7.39. The number of anilines is 2. The van der Waals surface area contributed by atoms with E-state index in [1.165, 1.54) is 11.3 Å². The van der Waals surface area contributed by atoms with Crippen LogP contribution in [0.2, 0.25) is 0 Å². The van der Waals surface area contributed by atoms with Gasteiger partial charge in [-0.1, -0.05) is 24.3 Å². The minimum absolute atomic E-state index is 0.0371. The van der Waals surface area contributed by atoms with Crippen molar-refractivity contribution in [3.8, 4) is 0 Å². The van der Waals surface area contributed by atoms with Gasteiger partial charge in [0.15, 0.2) is 0 Å². The molecule has 0 unspecified atom stereocenters. The lowest BCUT2D eigenvalue weighted by atomic mass is 10.1. The number of hydrogen-bond donors (Lipinski definition) is 0. The van der Waals surface area contributed by atoms with Gasteiger partial charge in [0.2, 0.25) is 11.8 Å². The topological polar surface area (TPSA) is 43.9 Å². The normalized spacial score (nSPS) is 14.1. The van der Waals surface area contributed by atoms with Crippen LogP contribution < -0.4 is 9.80 Å². The SMILES string of the molecule is CC(=O)N(CCC(=O)N1CCN(c2ccccc2)CC1)c1ccc(C)c(C)c1. The fourth-order valence-electron chi connectivity index (χ4n) is 3.58. The highest BCUT2D eigenvalue weighted by molar-refractivity contribution is 5.92. The molecule has 0 aliphatic carbocycles. The molecule has 0 bridgehead atoms. The van der Waals surface area contributed by atoms with E-state index in [1.807, 2.05) is 48.2 Å². The van der Waals surface area contributed by atoms with Crippen molar-refractivity contribution in [1.29, 1.82) is 0 Å². The first-order chi connectivity index (χ1) is 13.5. The van der Waals surface area contributed by atoms with E-state index in [0.29, 0.717) is 13.0 Å². The van der Waals surface area contributed by atoms with Gasteiger partial charge in [-0.3, -0.25) is 9.59 Å². The minimum atomic E-state index is -0.0371. The molecular formula is C23H29N3O2. The zero-order valence-electron chi connectivity index (χ0n) is 17.0. The summed E-state index contributed by atoms with van der Waals surface area (Å²) in [5.74, 6) is 0.0766. The molecule has 28 heavy (non-hydrogen) atoms. The molecular weight excluding hydrogens is 350 g/mol. The Balaban J connectivity index is 1.55. The van der Waals surface area contributed by atoms with E-state index in [0.717, 1.165) is 37.4 Å². The Morgan fingerprint density at radius 1 is 0.929 bits per heavy atom. The molecule has 2 aromatic carbocycles. The number of aryl methyl sites for hydroxylation is 2. The second-order valence-corrected chi connectivity index (χ2v) is 7.39. The van der Waals surface area contributed by atoms with E-state index in [2.05, 4.69) is 24.0 Å². The summed E-state index contributed by atoms with van der Waals surface area (Å²) in [6.45, 7) is 9.17. The van der Waals surface area contributed by atoms with Crippen molar-refractivity contribution in [1.82, 2.24) is 4.90 Å². The van der Waals surface area contributed by atoms with Crippen molar-refractivity contribution in [2.45, 2.75) is 27.2 Å². The molecule has 5 heteroatoms. The maximum Gasteiger partial charge on any atom is 0.224 e. The molecule has 0 spiro atoms. The van der Waals surface area contributed by atoms with Gasteiger partial charge in [-0.15, -0.1) is 0 Å². The van der Waals surface area contributed by atoms with Crippen LogP contribution in [-0.2, 0) is 9.59 Å². The number of carbonyl (C=O) groups is 2. The van der Waals surface area contributed by atoms with Crippen molar-refractivity contribution in [3.05, 3.63) is 59.7 Å². The standard InChI is InChI=1S/C23H29N3O2/c1-18-9-10-22(17-19(18)2)26(20(3)27)12-11-23(28)25-15-13-24(14-16-25)21-7-5-4-6-8-21/h4-10,17H,11-16H2,1-3H3. The van der Waals surface area contributed by atoms with Crippen LogP contribution in [0.3, 0.4) is 0 Å². The molecule has 0 atom stereocenters. The fourth-order valence-corrected chi connectivity index (χ4v) is 3.58. The van der Waals surface area contributed by atoms with Gasteiger partial charge < -0.3 is 14.7 Å². The van der Waals surface area contributed by atoms with Crippen molar-refractivity contribution in [2.24, 2.45) is 0 Å². The summed E-state index contributed by atoms with van der Waals surface area (Å²) < 4.78 is 0. The molecule has 148 valence electrons. The van der Waals surface area contributed by atoms with E-state index in [-0.39, 0.29) is 11.8 Å². The maximum atomic E-state index is 12.7. The number of rotatable bonds is 5. The van der Waals surface area contributed by atoms with E-state index in [4.69, 9.17) is 0 Å². The molecule has 0 aromatic heterocycles. The van der Waals surface area contributed by atoms with Crippen molar-refractivity contribution < 1.29 is 9.59 Å². The van der Waals surface area contributed by atoms with Gasteiger partial charge >= 0.3 is 0 Å². The Kier molecular flexibility index (Phi) is 6.34. The highest BCUT2D eigenvalue weighted by Gasteiger charge is 2.22. The van der Waals surface area contributed by atoms with Crippen molar-refractivity contribution in [3.63, 3.8) is 0 Å². The van der Waals surface area contributed by atoms with Crippen molar-refractivity contribution >= 4 is 23.2 Å². The molecule has 1 aliphatic heterocycles. The number of amides is 2. The number of nitrogens with zero attached hydrogens (tertiary/aromatic N) is 3. The van der Waals surface area contributed by atoms with Gasteiger partial charge in [0.25, 0.3) is 0 Å². The summed E-state index contributed by atoms with van der Waals surface area (Å²) in [6.07, 6.45) is 0.345. The van der Waals surface area contributed by atoms with Gasteiger partial charge in [-0.25, -0.2) is 0 Å². The van der Waals surface area contributed by atoms with Crippen LogP contribution in [0.5, 0.6) is 0 Å². The number of piperazine rings is 1. The lowest BCUT2D eigenvalue weighted by molar-refractivity contribution is -0.131. The second kappa shape index (κ2) is 8.91. The highest BCUT2D eigenvalue weighted by atomic mass is 16.2. The van der Waals surface area contributed by atoms with E-state index in [9.17, 15) is 9.59 Å². The summed E-state index contributed by atoms with van der Waals surface area (Å²) >= 11 is 0. The van der Waals surface area contributed by atoms with Gasteiger partial charge in [-0.2, -0.15) is 0 Å². The Bertz CT molecular complexity index is 827. The van der Waals surface area contributed by atoms with Crippen LogP contribution in [0.15, 0.2) is 48.5 Å². The van der Waals surface area contributed by atoms with Gasteiger partial charge in [0.1, 0.15) is 0 Å². The zero-order chi connectivity index (χ0) is 20.1. The first-order valence-electron chi connectivity index (χ1n) is 9.89. The molecule has 2 amide bonds. The molecule has 5 nitrogen and oxygen atoms in total. The predicted molar refractivity (Wildman–Crippen MR) is 114 cm³/mol. The molecule has 1 aliphatic rings. The molecule has 0 saturated carbocycles. The Morgan fingerprint density at radius 3 is 2.21 bits per heavy atom. The first-order valence-corrected chi connectivity index (χ1v) is 9.89. The third kappa shape index (κ3) is 4.71. The monoisotopic (exact) mass is 379 g/mol. The van der Waals surface area contributed by atoms with Crippen molar-refractivity contribution in [2.75, 3.05) is 42.5 Å². The highest BCUT2D eigenvalue weighted by Crippen LogP contribution is 2.20. The Hall–Kier alpha value is -2.82. The molecule has 3 rings (SSSR count). The number of benzene rings is 2. The maximum absolute atomic E-state index is 12.7. The fraction of sp³-hybridized carbons (Fsp3) is 0.391. The van der Waals surface area contributed by atoms with Gasteiger partial charge in [0, 0.05) is 57.4 Å². The van der Waals surface area contributed by atoms with Crippen LogP contribution >= 0.6 is 0 Å². The Labute approximate surface area is 167 Å². The zero-order valence-corrected chi connectivity index (χ0v) is 17.0. The van der Waals surface area contributed by atoms with Crippen LogP contribution in [-0.4, -0.2) is 49.4 Å². The molecule has 1 saturated heterocycles. The third-order valence-electron chi connectivity index (χ3n) is 5.49. The van der Waals surface area contributed by atoms with Crippen LogP contribution in [0, 0.1) is 13.8 Å². The Morgan fingerprint density at radius 2 is 1.61 bits per heavy atom. The van der Waals surface area contributed by atoms with E-state index < -0.39 is 0 Å². The summed E-state index contributed by atoms with van der Waals surface area (Å²) in [5.41, 5.74) is 4.40. The summed E-state index contributed by atoms with van der Waals surface area (Å²) in [5, 5.41) is 0. The smallest absolute Gasteiger partial charge is 0.224 e. The lowest BCUT2D eigenvalue weighted by Gasteiger charge is -2.36. The first kappa shape index (κ1) is 19.9. The van der Waals surface area contributed by atoms with Gasteiger partial charge in [0.05, 0.1) is 0 Å². The third-order valence-corrected chi connectivity index (χ3v) is 5.49. The quantitative estimate of drug-likeness (QED) is 0.800. The minimum Gasteiger partial charge on any atom is -0.368 e. The summed E-state index contributed by atoms with van der Waals surface area (Å²) in [6, 6.07) is 16.3. The molecule has 2 aromatic rings. The summed E-state index contributed by atoms with van der Waals surface area (Å²) in [7, 11) is 0. The molecule has 1 fully saturated rings. The molecule has 0 N–H and O–H groups in total. The number of para-hydroxylation sites is 1. The average Bonchev–Trinajstić information content (AvgIpc) is 2.71. The van der Waals surface area contributed by atoms with E-state index in [1.54, 1.807) is 11.8 Å².